The van der Waals surface area contributed by atoms with E-state index < -0.39 is 35.3 Å². The minimum atomic E-state index is -2.61. The van der Waals surface area contributed by atoms with Crippen LogP contribution >= 0.6 is 0 Å². The zero-order valence-electron chi connectivity index (χ0n) is 8.07. The Morgan fingerprint density at radius 3 is 2.56 bits per heavy atom. The third kappa shape index (κ3) is 2.93. The number of alkyl halides is 2. The fourth-order valence-electron chi connectivity index (χ4n) is 1.23. The highest BCUT2D eigenvalue weighted by atomic mass is 19.3. The minimum absolute atomic E-state index is 0.119. The Kier molecular flexibility index (Phi) is 3.83. The molecule has 0 aliphatic carbocycles. The number of nitro groups is 1. The van der Waals surface area contributed by atoms with Crippen molar-refractivity contribution in [1.82, 2.24) is 0 Å². The number of hydrogen-bond donors (Lipinski definition) is 1. The van der Waals surface area contributed by atoms with E-state index in [1.54, 1.807) is 0 Å². The normalized spacial score (nSPS) is 12.8. The summed E-state index contributed by atoms with van der Waals surface area (Å²) < 4.78 is 37.0. The lowest BCUT2D eigenvalue weighted by molar-refractivity contribution is -0.387. The van der Waals surface area contributed by atoms with Gasteiger partial charge in [-0.3, -0.25) is 10.1 Å². The molecule has 0 saturated heterocycles. The first-order valence-electron chi connectivity index (χ1n) is 4.39. The number of halogens is 3. The lowest BCUT2D eigenvalue weighted by Crippen LogP contribution is -2.14. The first kappa shape index (κ1) is 12.4. The summed E-state index contributed by atoms with van der Waals surface area (Å²) in [7, 11) is 0. The molecule has 16 heavy (non-hydrogen) atoms. The van der Waals surface area contributed by atoms with Gasteiger partial charge in [0.25, 0.3) is 0 Å². The van der Waals surface area contributed by atoms with E-state index in [0.29, 0.717) is 0 Å². The minimum Gasteiger partial charge on any atom is -0.324 e. The van der Waals surface area contributed by atoms with Crippen LogP contribution in [0.4, 0.5) is 18.9 Å². The molecule has 0 fully saturated rings. The van der Waals surface area contributed by atoms with E-state index in [1.165, 1.54) is 0 Å². The maximum atomic E-state index is 12.9. The Balaban J connectivity index is 2.98. The van der Waals surface area contributed by atoms with Crippen LogP contribution in [0, 0.1) is 15.9 Å². The third-order valence-electron chi connectivity index (χ3n) is 2.03. The summed E-state index contributed by atoms with van der Waals surface area (Å²) in [5.41, 5.74) is 4.75. The van der Waals surface area contributed by atoms with Crippen molar-refractivity contribution < 1.29 is 18.1 Å². The molecule has 1 atom stereocenters. The van der Waals surface area contributed by atoms with Crippen molar-refractivity contribution in [1.29, 1.82) is 0 Å². The summed E-state index contributed by atoms with van der Waals surface area (Å²) in [6, 6.07) is 1.84. The predicted molar refractivity (Wildman–Crippen MR) is 50.6 cm³/mol. The second-order valence-electron chi connectivity index (χ2n) is 3.20. The zero-order chi connectivity index (χ0) is 12.3. The maximum Gasteiger partial charge on any atom is 0.305 e. The van der Waals surface area contributed by atoms with Crippen molar-refractivity contribution in [2.24, 2.45) is 5.73 Å². The van der Waals surface area contributed by atoms with Gasteiger partial charge in [0.15, 0.2) is 0 Å². The molecule has 0 spiro atoms. The van der Waals surface area contributed by atoms with Gasteiger partial charge in [-0.05, 0) is 11.6 Å². The van der Waals surface area contributed by atoms with E-state index in [1.807, 2.05) is 0 Å². The SMILES string of the molecule is N[C@H](CC(F)F)c1ccc(F)c([N+](=O)[O-])c1. The Labute approximate surface area is 89.0 Å². The highest BCUT2D eigenvalue weighted by molar-refractivity contribution is 5.37. The number of rotatable bonds is 4. The molecule has 88 valence electrons. The number of benzene rings is 1. The van der Waals surface area contributed by atoms with E-state index in [0.717, 1.165) is 18.2 Å². The van der Waals surface area contributed by atoms with Crippen molar-refractivity contribution in [2.75, 3.05) is 0 Å². The van der Waals surface area contributed by atoms with Crippen LogP contribution in [0.25, 0.3) is 0 Å². The number of hydrogen-bond acceptors (Lipinski definition) is 3. The molecular weight excluding hydrogens is 225 g/mol. The standard InChI is InChI=1S/C9H9F3N2O2/c10-6-2-1-5(3-8(6)14(15)16)7(13)4-9(11)12/h1-3,7,9H,4,13H2/t7-/m1/s1. The van der Waals surface area contributed by atoms with Gasteiger partial charge in [0.05, 0.1) is 4.92 Å². The van der Waals surface area contributed by atoms with E-state index in [4.69, 9.17) is 5.73 Å². The van der Waals surface area contributed by atoms with Crippen LogP contribution in [-0.2, 0) is 0 Å². The second-order valence-corrected chi connectivity index (χ2v) is 3.20. The average Bonchev–Trinajstić information content (AvgIpc) is 2.16. The fraction of sp³-hybridized carbons (Fsp3) is 0.333. The molecule has 0 saturated carbocycles. The summed E-state index contributed by atoms with van der Waals surface area (Å²) >= 11 is 0. The van der Waals surface area contributed by atoms with Gasteiger partial charge in [-0.2, -0.15) is 4.39 Å². The Bertz CT molecular complexity index is 398. The molecule has 7 heteroatoms. The lowest BCUT2D eigenvalue weighted by Gasteiger charge is -2.10. The maximum absolute atomic E-state index is 12.9. The van der Waals surface area contributed by atoms with Gasteiger partial charge < -0.3 is 5.73 Å². The molecule has 0 aliphatic rings. The van der Waals surface area contributed by atoms with Crippen molar-refractivity contribution in [2.45, 2.75) is 18.9 Å². The van der Waals surface area contributed by atoms with Gasteiger partial charge in [0.1, 0.15) is 0 Å². The van der Waals surface area contributed by atoms with E-state index in [9.17, 15) is 23.3 Å². The highest BCUT2D eigenvalue weighted by Gasteiger charge is 2.19. The van der Waals surface area contributed by atoms with Crippen molar-refractivity contribution in [3.8, 4) is 0 Å². The monoisotopic (exact) mass is 234 g/mol. The van der Waals surface area contributed by atoms with E-state index >= 15 is 0 Å². The Morgan fingerprint density at radius 2 is 2.06 bits per heavy atom. The summed E-state index contributed by atoms with van der Waals surface area (Å²) in [4.78, 5) is 9.47. The van der Waals surface area contributed by atoms with Crippen molar-refractivity contribution in [3.05, 3.63) is 39.7 Å². The molecule has 0 unspecified atom stereocenters. The smallest absolute Gasteiger partial charge is 0.305 e. The molecule has 0 bridgehead atoms. The van der Waals surface area contributed by atoms with Gasteiger partial charge >= 0.3 is 5.69 Å². The van der Waals surface area contributed by atoms with Crippen LogP contribution in [-0.4, -0.2) is 11.3 Å². The van der Waals surface area contributed by atoms with Gasteiger partial charge in [-0.1, -0.05) is 6.07 Å². The summed E-state index contributed by atoms with van der Waals surface area (Å²) in [5, 5.41) is 10.4. The van der Waals surface area contributed by atoms with Gasteiger partial charge in [-0.15, -0.1) is 0 Å². The molecule has 0 aliphatic heterocycles. The molecular formula is C9H9F3N2O2. The Hall–Kier alpha value is -1.63. The summed E-state index contributed by atoms with van der Waals surface area (Å²) in [6.07, 6.45) is -3.23. The first-order valence-corrected chi connectivity index (χ1v) is 4.39. The van der Waals surface area contributed by atoms with Crippen LogP contribution in [0.15, 0.2) is 18.2 Å². The van der Waals surface area contributed by atoms with E-state index in [2.05, 4.69) is 0 Å². The summed E-state index contributed by atoms with van der Waals surface area (Å²) in [6.45, 7) is 0. The lowest BCUT2D eigenvalue weighted by atomic mass is 10.0. The predicted octanol–water partition coefficient (Wildman–Crippen LogP) is 2.39. The molecule has 1 rings (SSSR count). The first-order chi connectivity index (χ1) is 7.41. The number of nitrogens with two attached hydrogens (primary N) is 1. The molecule has 0 radical (unpaired) electrons. The number of nitro benzene ring substituents is 1. The van der Waals surface area contributed by atoms with Gasteiger partial charge in [0, 0.05) is 18.5 Å². The number of nitrogens with zero attached hydrogens (tertiary/aromatic N) is 1. The molecule has 1 aromatic carbocycles. The second kappa shape index (κ2) is 4.93. The quantitative estimate of drug-likeness (QED) is 0.642. The molecule has 4 nitrogen and oxygen atoms in total. The Morgan fingerprint density at radius 1 is 1.44 bits per heavy atom. The van der Waals surface area contributed by atoms with Gasteiger partial charge in [0.2, 0.25) is 12.2 Å². The van der Waals surface area contributed by atoms with E-state index in [-0.39, 0.29) is 5.56 Å². The van der Waals surface area contributed by atoms with Crippen LogP contribution in [0.2, 0.25) is 0 Å². The van der Waals surface area contributed by atoms with Crippen LogP contribution < -0.4 is 5.73 Å². The van der Waals surface area contributed by atoms with Crippen molar-refractivity contribution >= 4 is 5.69 Å². The summed E-state index contributed by atoms with van der Waals surface area (Å²) in [5.74, 6) is -1.02. The topological polar surface area (TPSA) is 69.2 Å². The molecule has 0 aromatic heterocycles. The zero-order valence-corrected chi connectivity index (χ0v) is 8.07. The fourth-order valence-corrected chi connectivity index (χ4v) is 1.23. The average molecular weight is 234 g/mol. The largest absolute Gasteiger partial charge is 0.324 e. The van der Waals surface area contributed by atoms with Crippen molar-refractivity contribution in [3.63, 3.8) is 0 Å². The molecule has 0 amide bonds. The van der Waals surface area contributed by atoms with Crippen LogP contribution in [0.5, 0.6) is 0 Å². The molecule has 1 aromatic rings. The molecule has 0 heterocycles. The van der Waals surface area contributed by atoms with Crippen LogP contribution in [0.3, 0.4) is 0 Å². The van der Waals surface area contributed by atoms with Crippen LogP contribution in [0.1, 0.15) is 18.0 Å². The third-order valence-corrected chi connectivity index (χ3v) is 2.03. The highest BCUT2D eigenvalue weighted by Crippen LogP contribution is 2.24. The molecule has 2 N–H and O–H groups in total. The van der Waals surface area contributed by atoms with Gasteiger partial charge in [-0.25, -0.2) is 8.78 Å².